The van der Waals surface area contributed by atoms with Gasteiger partial charge in [0, 0.05) is 40.0 Å². The summed E-state index contributed by atoms with van der Waals surface area (Å²) in [6, 6.07) is 2.60. The van der Waals surface area contributed by atoms with Crippen LogP contribution in [0.3, 0.4) is 0 Å². The van der Waals surface area contributed by atoms with Crippen LogP contribution in [0.15, 0.2) is 35.9 Å². The van der Waals surface area contributed by atoms with Gasteiger partial charge < -0.3 is 38.6 Å². The fourth-order valence-corrected chi connectivity index (χ4v) is 6.99. The lowest BCUT2D eigenvalue weighted by atomic mass is 9.83. The number of rotatable bonds is 7. The highest BCUT2D eigenvalue weighted by molar-refractivity contribution is 7.80. The summed E-state index contributed by atoms with van der Waals surface area (Å²) >= 11 is 10.8. The van der Waals surface area contributed by atoms with Crippen LogP contribution in [-0.4, -0.2) is 110 Å². The van der Waals surface area contributed by atoms with Crippen LogP contribution in [0.25, 0.3) is 0 Å². The lowest BCUT2D eigenvalue weighted by Crippen LogP contribution is -2.63. The molecule has 0 aromatic heterocycles. The molecule has 0 saturated carbocycles. The minimum Gasteiger partial charge on any atom is -0.495 e. The number of epoxide rings is 1. The van der Waals surface area contributed by atoms with E-state index in [2.05, 4.69) is 17.9 Å². The fraction of sp³-hybridized carbons (Fsp3) is 0.600. The van der Waals surface area contributed by atoms with Gasteiger partial charge in [0.2, 0.25) is 11.8 Å². The van der Waals surface area contributed by atoms with Crippen molar-refractivity contribution in [3.05, 3.63) is 46.5 Å². The zero-order chi connectivity index (χ0) is 37.1. The number of hydrogen-bond donors (Lipinski definition) is 3. The minimum atomic E-state index is -1.82. The van der Waals surface area contributed by atoms with Crippen molar-refractivity contribution >= 4 is 53.8 Å². The van der Waals surface area contributed by atoms with Gasteiger partial charge >= 0.3 is 12.1 Å². The van der Waals surface area contributed by atoms with E-state index in [0.29, 0.717) is 23.6 Å². The largest absolute Gasteiger partial charge is 0.495 e. The Labute approximate surface area is 303 Å². The van der Waals surface area contributed by atoms with Crippen LogP contribution in [0.4, 0.5) is 10.5 Å². The molecule has 2 N–H and O–H groups in total. The van der Waals surface area contributed by atoms with Crippen LogP contribution >= 0.6 is 24.2 Å². The first-order valence-corrected chi connectivity index (χ1v) is 17.5. The molecule has 0 spiro atoms. The Morgan fingerprint density at radius 2 is 1.98 bits per heavy atom. The molecule has 3 amide bonds. The summed E-state index contributed by atoms with van der Waals surface area (Å²) in [5.41, 5.74) is -0.903. The van der Waals surface area contributed by atoms with Crippen LogP contribution in [0.5, 0.6) is 5.75 Å². The smallest absolute Gasteiger partial charge is 0.409 e. The molecular formula is C35H48ClN3O10S. The summed E-state index contributed by atoms with van der Waals surface area (Å²) < 4.78 is 29.0. The van der Waals surface area contributed by atoms with Crippen molar-refractivity contribution in [2.24, 2.45) is 5.92 Å². The fourth-order valence-electron chi connectivity index (χ4n) is 6.49. The number of carbonyl (C=O) groups is 4. The van der Waals surface area contributed by atoms with Gasteiger partial charge in [-0.1, -0.05) is 42.3 Å². The molecule has 0 radical (unpaired) electrons. The maximum absolute atomic E-state index is 14.0. The quantitative estimate of drug-likeness (QED) is 0.214. The lowest BCUT2D eigenvalue weighted by molar-refractivity contribution is -0.161. The van der Waals surface area contributed by atoms with Gasteiger partial charge in [0.1, 0.15) is 40.7 Å². The Hall–Kier alpha value is -3.30. The number of aliphatic hydroxyl groups is 1. The number of nitrogens with zero attached hydrogens (tertiary/aromatic N) is 2. The second-order valence-electron chi connectivity index (χ2n) is 13.4. The first-order valence-electron chi connectivity index (χ1n) is 16.4. The SMILES string of the molecule is COc1cc2cc(c1Cl)N(C)C(=O)C[C@H](OC(=O)[C@H](C)N(C)C(=O)CCS)[C@]1(C)O[C@@H]1[C@H](C)[C@@H]1C[C@@](O)(NC(=O)O1)[C@H](OC)/C=C/C=C(/C)C2. The number of methoxy groups -OCH3 is 2. The zero-order valence-corrected chi connectivity index (χ0v) is 31.4. The Balaban J connectivity index is 1.78. The van der Waals surface area contributed by atoms with Crippen LogP contribution < -0.4 is 15.0 Å². The van der Waals surface area contributed by atoms with Gasteiger partial charge in [0.15, 0.2) is 5.72 Å². The summed E-state index contributed by atoms with van der Waals surface area (Å²) in [5, 5.41) is 14.4. The first kappa shape index (κ1) is 39.5. The number of halogens is 1. The average Bonchev–Trinajstić information content (AvgIpc) is 3.76. The van der Waals surface area contributed by atoms with E-state index in [4.69, 9.17) is 35.3 Å². The third-order valence-corrected chi connectivity index (χ3v) is 10.5. The van der Waals surface area contributed by atoms with Gasteiger partial charge in [0.25, 0.3) is 0 Å². The van der Waals surface area contributed by atoms with E-state index < -0.39 is 65.7 Å². The van der Waals surface area contributed by atoms with Crippen LogP contribution in [0.1, 0.15) is 52.5 Å². The Bertz CT molecular complexity index is 1540. The standard InChI is InChI=1S/C35H48ClN3O10S/c1-19-10-9-11-26(46-8)35(44)18-25(47-33(43)37-35)20(2)31-34(4,49-31)27(48-32(42)21(3)38(5)28(40)12-13-50)17-29(41)39(6)23-15-22(14-19)16-24(45-7)30(23)36/h9-11,15-16,20-21,25-27,31,44,50H,12-14,17-18H2,1-8H3,(H,37,43)/b11-9+,19-10-/t20-,21+,25+,26-,27+,31-,34+,35+/m1/s1. The van der Waals surface area contributed by atoms with Crippen molar-refractivity contribution in [2.75, 3.05) is 39.0 Å². The molecule has 4 rings (SSSR count). The number of fused-ring (bicyclic) bond motifs is 5. The lowest BCUT2D eigenvalue weighted by Gasteiger charge is -2.42. The molecule has 0 unspecified atom stereocenters. The van der Waals surface area contributed by atoms with Gasteiger partial charge in [0.05, 0.1) is 25.3 Å². The molecule has 15 heteroatoms. The molecule has 3 heterocycles. The van der Waals surface area contributed by atoms with E-state index in [-0.39, 0.29) is 30.2 Å². The Morgan fingerprint density at radius 3 is 2.62 bits per heavy atom. The second-order valence-corrected chi connectivity index (χ2v) is 14.2. The number of nitrogens with one attached hydrogen (secondary N) is 1. The van der Waals surface area contributed by atoms with Crippen molar-refractivity contribution in [3.63, 3.8) is 0 Å². The van der Waals surface area contributed by atoms with E-state index in [1.165, 1.54) is 38.0 Å². The highest BCUT2D eigenvalue weighted by Gasteiger charge is 2.64. The predicted molar refractivity (Wildman–Crippen MR) is 189 cm³/mol. The average molecular weight is 738 g/mol. The minimum absolute atomic E-state index is 0.0489. The summed E-state index contributed by atoms with van der Waals surface area (Å²) in [4.78, 5) is 55.6. The number of ether oxygens (including phenoxy) is 5. The van der Waals surface area contributed by atoms with Gasteiger partial charge in [-0.15, -0.1) is 0 Å². The maximum atomic E-state index is 14.0. The Kier molecular flexibility index (Phi) is 12.6. The number of esters is 1. The van der Waals surface area contributed by atoms with Crippen LogP contribution in [0, 0.1) is 5.92 Å². The van der Waals surface area contributed by atoms with E-state index in [9.17, 15) is 24.3 Å². The van der Waals surface area contributed by atoms with Gasteiger partial charge in [-0.2, -0.15) is 12.6 Å². The van der Waals surface area contributed by atoms with Crippen molar-refractivity contribution in [1.29, 1.82) is 0 Å². The number of anilines is 1. The van der Waals surface area contributed by atoms with E-state index in [1.807, 2.05) is 13.0 Å². The number of hydrogen-bond acceptors (Lipinski definition) is 11. The molecule has 1 aromatic carbocycles. The van der Waals surface area contributed by atoms with Crippen LogP contribution in [-0.2, 0) is 39.8 Å². The molecule has 8 atom stereocenters. The summed E-state index contributed by atoms with van der Waals surface area (Å²) in [5.74, 6) is -1.30. The number of benzene rings is 1. The van der Waals surface area contributed by atoms with Gasteiger partial charge in [-0.05, 0) is 50.6 Å². The normalized spacial score (nSPS) is 32.3. The molecule has 4 bridgehead atoms. The third kappa shape index (κ3) is 8.42. The molecule has 276 valence electrons. The number of amides is 3. The molecule has 2 fully saturated rings. The van der Waals surface area contributed by atoms with Crippen molar-refractivity contribution < 1.29 is 48.0 Å². The highest BCUT2D eigenvalue weighted by Crippen LogP contribution is 2.49. The zero-order valence-electron chi connectivity index (χ0n) is 29.7. The van der Waals surface area contributed by atoms with E-state index in [0.717, 1.165) is 11.1 Å². The van der Waals surface area contributed by atoms with Crippen molar-refractivity contribution in [3.8, 4) is 5.75 Å². The maximum Gasteiger partial charge on any atom is 0.409 e. The molecule has 3 aliphatic heterocycles. The Morgan fingerprint density at radius 1 is 1.28 bits per heavy atom. The van der Waals surface area contributed by atoms with Gasteiger partial charge in [-0.3, -0.25) is 14.9 Å². The topological polar surface area (TPSA) is 156 Å². The van der Waals surface area contributed by atoms with Crippen LogP contribution in [0.2, 0.25) is 5.02 Å². The van der Waals surface area contributed by atoms with E-state index >= 15 is 0 Å². The van der Waals surface area contributed by atoms with E-state index in [1.54, 1.807) is 45.2 Å². The third-order valence-electron chi connectivity index (χ3n) is 9.85. The number of carbonyl (C=O) groups excluding carboxylic acids is 4. The molecular weight excluding hydrogens is 690 g/mol. The summed E-state index contributed by atoms with van der Waals surface area (Å²) in [7, 11) is 5.98. The van der Waals surface area contributed by atoms with Gasteiger partial charge in [-0.25, -0.2) is 9.59 Å². The van der Waals surface area contributed by atoms with Crippen molar-refractivity contribution in [2.45, 2.75) is 95.2 Å². The molecule has 2 saturated heterocycles. The second kappa shape index (κ2) is 15.9. The summed E-state index contributed by atoms with van der Waals surface area (Å²) in [6.07, 6.45) is 1.08. The number of alkyl carbamates (subject to hydrolysis) is 1. The molecule has 13 nitrogen and oxygen atoms in total. The molecule has 0 aliphatic carbocycles. The monoisotopic (exact) mass is 737 g/mol. The molecule has 50 heavy (non-hydrogen) atoms. The number of thiol groups is 1. The predicted octanol–water partition coefficient (Wildman–Crippen LogP) is 3.83. The number of likely N-dealkylation sites (N-methyl/N-ethyl adjacent to an activating group) is 1. The molecule has 1 aromatic rings. The first-order chi connectivity index (χ1) is 23.5. The highest BCUT2D eigenvalue weighted by atomic mass is 35.5. The molecule has 3 aliphatic rings. The number of allylic oxidation sites excluding steroid dienone is 3. The summed E-state index contributed by atoms with van der Waals surface area (Å²) in [6.45, 7) is 6.96. The van der Waals surface area contributed by atoms with Crippen molar-refractivity contribution in [1.82, 2.24) is 10.2 Å².